The molecule has 2 aromatic rings. The van der Waals surface area contributed by atoms with Gasteiger partial charge >= 0.3 is 0 Å². The number of rotatable bonds is 6. The van der Waals surface area contributed by atoms with Crippen LogP contribution in [0.3, 0.4) is 0 Å². The molecule has 0 aliphatic carbocycles. The van der Waals surface area contributed by atoms with Crippen molar-refractivity contribution in [3.05, 3.63) is 41.9 Å². The fraction of sp³-hybridized carbons (Fsp3) is 0.357. The van der Waals surface area contributed by atoms with Crippen molar-refractivity contribution in [2.75, 3.05) is 10.8 Å². The van der Waals surface area contributed by atoms with E-state index in [1.165, 1.54) is 10.5 Å². The minimum absolute atomic E-state index is 0.115. The highest BCUT2D eigenvalue weighted by Gasteiger charge is 2.25. The Morgan fingerprint density at radius 3 is 2.38 bits per heavy atom. The standard InChI is InChI=1S/C14H20N4O2S/c1-3-13-16-10-14(17-13)21(19,20)18(4-2)12-7-5-11(9-15)6-8-12/h5-8,10H,3-4,9,15H2,1-2H3,(H,16,17). The van der Waals surface area contributed by atoms with Crippen LogP contribution in [-0.2, 0) is 23.0 Å². The lowest BCUT2D eigenvalue weighted by atomic mass is 10.2. The number of benzene rings is 1. The second-order valence-electron chi connectivity index (χ2n) is 4.59. The van der Waals surface area contributed by atoms with Gasteiger partial charge in [-0.3, -0.25) is 4.31 Å². The van der Waals surface area contributed by atoms with Crippen LogP contribution >= 0.6 is 0 Å². The average Bonchev–Trinajstić information content (AvgIpc) is 2.98. The smallest absolute Gasteiger partial charge is 0.281 e. The Balaban J connectivity index is 2.38. The molecule has 7 heteroatoms. The largest absolute Gasteiger partial charge is 0.332 e. The Morgan fingerprint density at radius 2 is 1.90 bits per heavy atom. The molecule has 0 aliphatic rings. The molecule has 0 radical (unpaired) electrons. The first-order valence-electron chi connectivity index (χ1n) is 6.88. The highest BCUT2D eigenvalue weighted by molar-refractivity contribution is 7.92. The number of anilines is 1. The highest BCUT2D eigenvalue weighted by atomic mass is 32.2. The zero-order valence-electron chi connectivity index (χ0n) is 12.2. The molecule has 0 saturated carbocycles. The van der Waals surface area contributed by atoms with Crippen LogP contribution in [0.25, 0.3) is 0 Å². The van der Waals surface area contributed by atoms with Gasteiger partial charge in [-0.05, 0) is 24.6 Å². The first-order chi connectivity index (χ1) is 10.0. The Labute approximate surface area is 125 Å². The summed E-state index contributed by atoms with van der Waals surface area (Å²) in [7, 11) is -3.63. The monoisotopic (exact) mass is 308 g/mol. The first-order valence-corrected chi connectivity index (χ1v) is 8.32. The van der Waals surface area contributed by atoms with Gasteiger partial charge in [0.1, 0.15) is 5.82 Å². The topological polar surface area (TPSA) is 92.1 Å². The lowest BCUT2D eigenvalue weighted by Gasteiger charge is -2.22. The summed E-state index contributed by atoms with van der Waals surface area (Å²) in [5.74, 6) is 0.656. The molecule has 0 atom stereocenters. The van der Waals surface area contributed by atoms with Crippen LogP contribution < -0.4 is 10.0 Å². The molecule has 3 N–H and O–H groups in total. The van der Waals surface area contributed by atoms with E-state index < -0.39 is 10.0 Å². The van der Waals surface area contributed by atoms with Crippen LogP contribution in [0.5, 0.6) is 0 Å². The van der Waals surface area contributed by atoms with Crippen molar-refractivity contribution in [1.82, 2.24) is 9.97 Å². The molecule has 21 heavy (non-hydrogen) atoms. The van der Waals surface area contributed by atoms with Crippen molar-refractivity contribution in [2.24, 2.45) is 5.73 Å². The summed E-state index contributed by atoms with van der Waals surface area (Å²) in [4.78, 5) is 6.91. The van der Waals surface area contributed by atoms with Crippen LogP contribution in [0, 0.1) is 0 Å². The van der Waals surface area contributed by atoms with Gasteiger partial charge in [0.25, 0.3) is 10.0 Å². The molecule has 0 fully saturated rings. The van der Waals surface area contributed by atoms with E-state index in [2.05, 4.69) is 9.97 Å². The molecule has 0 bridgehead atoms. The predicted molar refractivity (Wildman–Crippen MR) is 82.5 cm³/mol. The van der Waals surface area contributed by atoms with E-state index in [-0.39, 0.29) is 5.03 Å². The summed E-state index contributed by atoms with van der Waals surface area (Å²) >= 11 is 0. The molecule has 114 valence electrons. The summed E-state index contributed by atoms with van der Waals surface area (Å²) in [6, 6.07) is 7.19. The van der Waals surface area contributed by atoms with Gasteiger partial charge in [0, 0.05) is 19.5 Å². The van der Waals surface area contributed by atoms with Crippen LogP contribution in [-0.4, -0.2) is 24.9 Å². The van der Waals surface area contributed by atoms with E-state index in [0.29, 0.717) is 31.0 Å². The number of nitrogens with one attached hydrogen (secondary N) is 1. The molecule has 1 aromatic carbocycles. The summed E-state index contributed by atoms with van der Waals surface area (Å²) in [6.45, 7) is 4.48. The maximum atomic E-state index is 12.7. The van der Waals surface area contributed by atoms with E-state index in [1.54, 1.807) is 19.1 Å². The predicted octanol–water partition coefficient (Wildman–Crippen LogP) is 1.65. The zero-order valence-corrected chi connectivity index (χ0v) is 13.0. The van der Waals surface area contributed by atoms with Gasteiger partial charge in [-0.25, -0.2) is 4.98 Å². The molecule has 0 saturated heterocycles. The second-order valence-corrected chi connectivity index (χ2v) is 6.42. The first kappa shape index (κ1) is 15.5. The number of imidazole rings is 1. The van der Waals surface area contributed by atoms with Crippen LogP contribution in [0.15, 0.2) is 35.5 Å². The van der Waals surface area contributed by atoms with Crippen molar-refractivity contribution in [3.8, 4) is 0 Å². The second kappa shape index (κ2) is 6.28. The van der Waals surface area contributed by atoms with Crippen molar-refractivity contribution >= 4 is 15.7 Å². The molecule has 0 unspecified atom stereocenters. The quantitative estimate of drug-likeness (QED) is 0.848. The Morgan fingerprint density at radius 1 is 1.24 bits per heavy atom. The minimum atomic E-state index is -3.63. The maximum absolute atomic E-state index is 12.7. The lowest BCUT2D eigenvalue weighted by molar-refractivity contribution is 0.588. The fourth-order valence-electron chi connectivity index (χ4n) is 2.06. The van der Waals surface area contributed by atoms with Crippen molar-refractivity contribution in [1.29, 1.82) is 0 Å². The molecule has 1 aromatic heterocycles. The molecular formula is C14H20N4O2S. The Hall–Kier alpha value is -1.86. The van der Waals surface area contributed by atoms with Crippen LogP contribution in [0.4, 0.5) is 5.69 Å². The van der Waals surface area contributed by atoms with Crippen molar-refractivity contribution < 1.29 is 8.42 Å². The van der Waals surface area contributed by atoms with Gasteiger partial charge in [0.2, 0.25) is 0 Å². The van der Waals surface area contributed by atoms with Crippen LogP contribution in [0.1, 0.15) is 25.2 Å². The number of hydrogen-bond acceptors (Lipinski definition) is 4. The third-order valence-electron chi connectivity index (χ3n) is 3.26. The van der Waals surface area contributed by atoms with Gasteiger partial charge in [0.15, 0.2) is 5.03 Å². The molecule has 0 amide bonds. The lowest BCUT2D eigenvalue weighted by Crippen LogP contribution is -2.31. The van der Waals surface area contributed by atoms with Gasteiger partial charge in [-0.15, -0.1) is 0 Å². The Kier molecular flexibility index (Phi) is 4.64. The summed E-state index contributed by atoms with van der Waals surface area (Å²) in [5, 5.41) is 0.115. The number of hydrogen-bond donors (Lipinski definition) is 2. The van der Waals surface area contributed by atoms with Crippen molar-refractivity contribution in [3.63, 3.8) is 0 Å². The summed E-state index contributed by atoms with van der Waals surface area (Å²) in [6.07, 6.45) is 2.03. The van der Waals surface area contributed by atoms with Gasteiger partial charge in [-0.2, -0.15) is 8.42 Å². The van der Waals surface area contributed by atoms with E-state index in [4.69, 9.17) is 5.73 Å². The van der Waals surface area contributed by atoms with Crippen molar-refractivity contribution in [2.45, 2.75) is 31.8 Å². The molecule has 6 nitrogen and oxygen atoms in total. The maximum Gasteiger partial charge on any atom is 0.281 e. The third kappa shape index (κ3) is 3.08. The van der Waals surface area contributed by atoms with E-state index in [1.807, 2.05) is 19.1 Å². The Bertz CT molecular complexity index is 692. The number of nitrogens with two attached hydrogens (primary N) is 1. The summed E-state index contributed by atoms with van der Waals surface area (Å²) in [5.41, 5.74) is 7.13. The van der Waals surface area contributed by atoms with E-state index >= 15 is 0 Å². The molecule has 2 rings (SSSR count). The number of aryl methyl sites for hydroxylation is 1. The number of sulfonamides is 1. The SMILES string of the molecule is CCc1ncc(S(=O)(=O)N(CC)c2ccc(CN)cc2)[nH]1. The van der Waals surface area contributed by atoms with E-state index in [9.17, 15) is 8.42 Å². The number of H-pyrrole nitrogens is 1. The fourth-order valence-corrected chi connectivity index (χ4v) is 3.47. The molecular weight excluding hydrogens is 288 g/mol. The van der Waals surface area contributed by atoms with Gasteiger partial charge in [0.05, 0.1) is 11.9 Å². The number of aromatic amines is 1. The highest BCUT2D eigenvalue weighted by Crippen LogP contribution is 2.23. The minimum Gasteiger partial charge on any atom is -0.332 e. The molecule has 0 aliphatic heterocycles. The van der Waals surface area contributed by atoms with Gasteiger partial charge < -0.3 is 10.7 Å². The number of aromatic nitrogens is 2. The number of nitrogens with zero attached hydrogens (tertiary/aromatic N) is 2. The molecule has 0 spiro atoms. The average molecular weight is 308 g/mol. The zero-order chi connectivity index (χ0) is 15.5. The molecule has 1 heterocycles. The van der Waals surface area contributed by atoms with E-state index in [0.717, 1.165) is 5.56 Å². The van der Waals surface area contributed by atoms with Gasteiger partial charge in [-0.1, -0.05) is 19.1 Å². The third-order valence-corrected chi connectivity index (χ3v) is 5.07. The summed E-state index contributed by atoms with van der Waals surface area (Å²) < 4.78 is 26.7. The van der Waals surface area contributed by atoms with Crippen LogP contribution in [0.2, 0.25) is 0 Å². The normalized spacial score (nSPS) is 11.6.